The van der Waals surface area contributed by atoms with Crippen LogP contribution in [0.15, 0.2) is 23.5 Å². The number of carbonyl (C=O) groups is 1. The van der Waals surface area contributed by atoms with Gasteiger partial charge in [0.2, 0.25) is 0 Å². The molecule has 0 unspecified atom stereocenters. The number of hydrogen-bond acceptors (Lipinski definition) is 3. The van der Waals surface area contributed by atoms with Crippen molar-refractivity contribution in [2.75, 3.05) is 6.61 Å². The Morgan fingerprint density at radius 1 is 1.21 bits per heavy atom. The summed E-state index contributed by atoms with van der Waals surface area (Å²) in [6, 6.07) is 0. The summed E-state index contributed by atoms with van der Waals surface area (Å²) in [7, 11) is 0. The Morgan fingerprint density at radius 3 is 2.68 bits per heavy atom. The molecule has 2 fully saturated rings. The molecule has 4 aliphatic carbocycles. The van der Waals surface area contributed by atoms with Gasteiger partial charge in [-0.1, -0.05) is 19.9 Å². The molecule has 0 radical (unpaired) electrons. The lowest BCUT2D eigenvalue weighted by molar-refractivity contribution is -0.145. The molecule has 0 saturated heterocycles. The van der Waals surface area contributed by atoms with Crippen molar-refractivity contribution < 1.29 is 19.7 Å². The maximum atomic E-state index is 11.5. The summed E-state index contributed by atoms with van der Waals surface area (Å²) in [5.74, 6) is 2.09. The Labute approximate surface area is 169 Å². The lowest BCUT2D eigenvalue weighted by Gasteiger charge is -2.58. The third-order valence-corrected chi connectivity index (χ3v) is 9.14. The highest BCUT2D eigenvalue weighted by molar-refractivity contribution is 5.66. The molecule has 4 heteroatoms. The number of aliphatic hydroxyl groups is 1. The van der Waals surface area contributed by atoms with E-state index in [0.29, 0.717) is 24.2 Å². The number of fused-ring (bicyclic) bond motifs is 5. The van der Waals surface area contributed by atoms with Crippen LogP contribution in [-0.4, -0.2) is 28.4 Å². The maximum Gasteiger partial charge on any atom is 0.303 e. The number of allylic oxidation sites excluding steroid dienone is 4. The number of aliphatic carboxylic acids is 1. The van der Waals surface area contributed by atoms with E-state index in [9.17, 15) is 9.90 Å². The molecule has 2 N–H and O–H groups in total. The largest absolute Gasteiger partial charge is 0.498 e. The predicted molar refractivity (Wildman–Crippen MR) is 109 cm³/mol. The normalized spacial score (nSPS) is 44.6. The van der Waals surface area contributed by atoms with Crippen LogP contribution in [0.25, 0.3) is 0 Å². The van der Waals surface area contributed by atoms with Crippen LogP contribution in [0.5, 0.6) is 0 Å². The molecule has 4 rings (SSSR count). The van der Waals surface area contributed by atoms with Gasteiger partial charge in [0, 0.05) is 12.8 Å². The molecular weight excluding hydrogens is 352 g/mol. The molecule has 28 heavy (non-hydrogen) atoms. The number of carboxylic acid groups (broad SMARTS) is 1. The Kier molecular flexibility index (Phi) is 4.93. The summed E-state index contributed by atoms with van der Waals surface area (Å²) in [5.41, 5.74) is 0.714. The molecule has 0 heterocycles. The Hall–Kier alpha value is -1.29. The first-order valence-electron chi connectivity index (χ1n) is 11.2. The summed E-state index contributed by atoms with van der Waals surface area (Å²) < 4.78 is 5.81. The van der Waals surface area contributed by atoms with Gasteiger partial charge in [-0.2, -0.15) is 0 Å². The molecule has 2 saturated carbocycles. The molecule has 0 spiro atoms. The molecule has 0 bridgehead atoms. The molecule has 4 aliphatic rings. The van der Waals surface area contributed by atoms with E-state index < -0.39 is 11.6 Å². The molecule has 156 valence electrons. The second-order valence-corrected chi connectivity index (χ2v) is 10.2. The van der Waals surface area contributed by atoms with E-state index in [1.54, 1.807) is 0 Å². The van der Waals surface area contributed by atoms with Crippen molar-refractivity contribution in [3.8, 4) is 0 Å². The van der Waals surface area contributed by atoms with Crippen molar-refractivity contribution in [2.24, 2.45) is 28.6 Å². The number of carboxylic acids is 1. The van der Waals surface area contributed by atoms with Crippen LogP contribution in [0.2, 0.25) is 0 Å². The first-order chi connectivity index (χ1) is 13.2. The zero-order valence-corrected chi connectivity index (χ0v) is 17.7. The Morgan fingerprint density at radius 2 is 1.96 bits per heavy atom. The van der Waals surface area contributed by atoms with E-state index in [0.717, 1.165) is 57.3 Å². The van der Waals surface area contributed by atoms with Gasteiger partial charge in [-0.25, -0.2) is 0 Å². The second-order valence-electron chi connectivity index (χ2n) is 10.2. The van der Waals surface area contributed by atoms with Gasteiger partial charge in [-0.05, 0) is 92.1 Å². The molecule has 0 aromatic carbocycles. The summed E-state index contributed by atoms with van der Waals surface area (Å²) in [6.07, 6.45) is 12.4. The van der Waals surface area contributed by atoms with Crippen LogP contribution in [0.1, 0.15) is 78.6 Å². The molecule has 0 amide bonds. The highest BCUT2D eigenvalue weighted by atomic mass is 16.5. The molecule has 6 atom stereocenters. The van der Waals surface area contributed by atoms with Crippen molar-refractivity contribution in [2.45, 2.75) is 84.2 Å². The molecular formula is C24H36O4. The van der Waals surface area contributed by atoms with Crippen LogP contribution in [0.3, 0.4) is 0 Å². The van der Waals surface area contributed by atoms with Gasteiger partial charge in [0.25, 0.3) is 0 Å². The van der Waals surface area contributed by atoms with Crippen molar-refractivity contribution in [3.63, 3.8) is 0 Å². The van der Waals surface area contributed by atoms with E-state index in [1.165, 1.54) is 5.57 Å². The number of hydrogen-bond donors (Lipinski definition) is 2. The number of rotatable bonds is 5. The van der Waals surface area contributed by atoms with Crippen molar-refractivity contribution in [3.05, 3.63) is 23.5 Å². The summed E-state index contributed by atoms with van der Waals surface area (Å²) in [4.78, 5) is 11.1. The van der Waals surface area contributed by atoms with Crippen LogP contribution >= 0.6 is 0 Å². The quantitative estimate of drug-likeness (QED) is 0.689. The fourth-order valence-corrected chi connectivity index (χ4v) is 7.43. The van der Waals surface area contributed by atoms with Crippen molar-refractivity contribution >= 4 is 5.97 Å². The zero-order valence-electron chi connectivity index (χ0n) is 17.7. The summed E-state index contributed by atoms with van der Waals surface area (Å²) in [6.45, 7) is 7.48. The highest BCUT2D eigenvalue weighted by Gasteiger charge is 2.63. The summed E-state index contributed by atoms with van der Waals surface area (Å²) >= 11 is 0. The lowest BCUT2D eigenvalue weighted by Crippen LogP contribution is -2.54. The van der Waals surface area contributed by atoms with Crippen molar-refractivity contribution in [1.29, 1.82) is 0 Å². The van der Waals surface area contributed by atoms with E-state index >= 15 is 0 Å². The van der Waals surface area contributed by atoms with Gasteiger partial charge in [0.1, 0.15) is 0 Å². The lowest BCUT2D eigenvalue weighted by atomic mass is 9.47. The van der Waals surface area contributed by atoms with E-state index in [2.05, 4.69) is 26.0 Å². The smallest absolute Gasteiger partial charge is 0.303 e. The van der Waals surface area contributed by atoms with E-state index in [1.807, 2.05) is 6.92 Å². The third kappa shape index (κ3) is 2.86. The maximum absolute atomic E-state index is 11.5. The minimum Gasteiger partial charge on any atom is -0.498 e. The topological polar surface area (TPSA) is 66.8 Å². The van der Waals surface area contributed by atoms with Gasteiger partial charge in [0.05, 0.1) is 18.0 Å². The first-order valence-corrected chi connectivity index (χ1v) is 11.2. The third-order valence-electron chi connectivity index (χ3n) is 9.14. The molecule has 0 aliphatic heterocycles. The van der Waals surface area contributed by atoms with E-state index in [-0.39, 0.29) is 17.3 Å². The highest BCUT2D eigenvalue weighted by Crippen LogP contribution is 2.67. The first kappa shape index (κ1) is 20.0. The second kappa shape index (κ2) is 6.90. The fraction of sp³-hybridized carbons (Fsp3) is 0.792. The van der Waals surface area contributed by atoms with Crippen LogP contribution in [-0.2, 0) is 9.53 Å². The minimum absolute atomic E-state index is 0.0691. The molecule has 4 nitrogen and oxygen atoms in total. The van der Waals surface area contributed by atoms with Gasteiger partial charge in [-0.3, -0.25) is 4.79 Å². The van der Waals surface area contributed by atoms with Crippen LogP contribution in [0.4, 0.5) is 0 Å². The minimum atomic E-state index is -0.819. The molecule has 0 aromatic heterocycles. The van der Waals surface area contributed by atoms with E-state index in [4.69, 9.17) is 9.84 Å². The average Bonchev–Trinajstić information content (AvgIpc) is 2.92. The Balaban J connectivity index is 1.60. The zero-order chi connectivity index (χ0) is 20.2. The van der Waals surface area contributed by atoms with Gasteiger partial charge < -0.3 is 14.9 Å². The fourth-order valence-electron chi connectivity index (χ4n) is 7.43. The average molecular weight is 389 g/mol. The Bertz CT molecular complexity index is 709. The predicted octanol–water partition coefficient (Wildman–Crippen LogP) is 5.08. The van der Waals surface area contributed by atoms with Gasteiger partial charge >= 0.3 is 5.97 Å². The van der Waals surface area contributed by atoms with Gasteiger partial charge in [-0.15, -0.1) is 0 Å². The van der Waals surface area contributed by atoms with Crippen LogP contribution in [0, 0.1) is 28.6 Å². The SMILES string of the molecule is CCOC1=CC2=CC[C@@H]3[C@H](CC[C@@]4(C)[C@H]3CC[C@@]4(O)CCC(=O)O)[C@@]2(C)CC1. The summed E-state index contributed by atoms with van der Waals surface area (Å²) in [5, 5.41) is 20.6. The number of ether oxygens (including phenoxy) is 1. The molecule has 0 aromatic rings. The van der Waals surface area contributed by atoms with Crippen molar-refractivity contribution in [1.82, 2.24) is 0 Å². The van der Waals surface area contributed by atoms with Gasteiger partial charge in [0.15, 0.2) is 0 Å². The monoisotopic (exact) mass is 388 g/mol. The van der Waals surface area contributed by atoms with Crippen LogP contribution < -0.4 is 0 Å². The standard InChI is InChI=1S/C24H36O4/c1-4-28-17-7-11-22(2)16(15-17)5-6-18-19(22)8-12-23(3)20(18)9-13-24(23,27)14-10-21(25)26/h5,15,18-20,27H,4,6-14H2,1-3H3,(H,25,26)/t18-,19+,20+,22+,23+,24-/m1/s1.